The van der Waals surface area contributed by atoms with Gasteiger partial charge in [0.15, 0.2) is 16.8 Å². The third kappa shape index (κ3) is 2.27. The van der Waals surface area contributed by atoms with Crippen molar-refractivity contribution in [2.75, 3.05) is 0 Å². The van der Waals surface area contributed by atoms with Crippen molar-refractivity contribution < 1.29 is 0 Å². The Morgan fingerprint density at radius 2 is 0.875 bits per heavy atom. The van der Waals surface area contributed by atoms with E-state index in [0.29, 0.717) is 0 Å². The zero-order chi connectivity index (χ0) is 13.2. The van der Waals surface area contributed by atoms with Crippen LogP contribution in [0.2, 0.25) is 52.4 Å². The molecule has 96 valence electrons. The minimum absolute atomic E-state index is 1.53. The fraction of sp³-hybridized carbons (Fsp3) is 1.00. The van der Waals surface area contributed by atoms with E-state index in [1.54, 1.807) is 0 Å². The van der Waals surface area contributed by atoms with Gasteiger partial charge >= 0.3 is 0 Å². The molecule has 0 aliphatic carbocycles. The lowest BCUT2D eigenvalue weighted by Gasteiger charge is -2.73. The summed E-state index contributed by atoms with van der Waals surface area (Å²) in [6.45, 7) is 18.6. The topological polar surface area (TPSA) is 6.48 Å². The van der Waals surface area contributed by atoms with Gasteiger partial charge in [0.1, 0.15) is 0 Å². The Morgan fingerprint density at radius 1 is 0.688 bits per heavy atom. The first kappa shape index (κ1) is 15.4. The van der Waals surface area contributed by atoms with Gasteiger partial charge in [0.25, 0.3) is 0 Å². The van der Waals surface area contributed by atoms with E-state index in [1.807, 2.05) is 0 Å². The molecule has 0 atom stereocenters. The molecule has 0 amide bonds. The lowest BCUT2D eigenvalue weighted by atomic mass is 11.9. The quantitative estimate of drug-likeness (QED) is 0.559. The van der Waals surface area contributed by atoms with Crippen molar-refractivity contribution in [1.82, 2.24) is 7.79 Å². The lowest BCUT2D eigenvalue weighted by molar-refractivity contribution is 0.628. The Balaban J connectivity index is 3.15. The van der Waals surface area contributed by atoms with E-state index in [9.17, 15) is 0 Å². The fourth-order valence-electron chi connectivity index (χ4n) is 4.10. The van der Waals surface area contributed by atoms with Gasteiger partial charge in [-0.1, -0.05) is 0 Å². The van der Waals surface area contributed by atoms with Crippen LogP contribution in [-0.2, 0) is 0 Å². The average Bonchev–Trinajstić information content (AvgIpc) is 1.69. The van der Waals surface area contributed by atoms with Crippen molar-refractivity contribution in [1.29, 1.82) is 0 Å². The number of halogens is 2. The van der Waals surface area contributed by atoms with Gasteiger partial charge in [-0.2, -0.15) is 0 Å². The molecule has 1 fully saturated rings. The lowest BCUT2D eigenvalue weighted by Crippen LogP contribution is -2.96. The molecule has 2 nitrogen and oxygen atoms in total. The normalized spacial score (nSPS) is 26.6. The SMILES string of the molecule is C[Si](C)(Cl)N1[Si](C)(C)N([Si](C)(C)Cl)[Si]1(C)C. The summed E-state index contributed by atoms with van der Waals surface area (Å²) in [5.41, 5.74) is 0. The minimum Gasteiger partial charge on any atom is -0.333 e. The standard InChI is InChI=1S/C8H24Cl2N2Si4/c1-13(2,9)11-15(5,6)12(14(3,4)10)16(11,7)8/h1-8H3. The highest BCUT2D eigenvalue weighted by molar-refractivity contribution is 7.35. The molecular formula is C8H24Cl2N2Si4. The Bertz CT molecular complexity index is 253. The Morgan fingerprint density at radius 3 is 1.00 bits per heavy atom. The molecule has 0 aromatic rings. The summed E-state index contributed by atoms with van der Waals surface area (Å²) in [6, 6.07) is 0. The molecule has 0 unspecified atom stereocenters. The molecule has 8 heteroatoms. The van der Waals surface area contributed by atoms with Gasteiger partial charge in [-0.15, -0.1) is 22.2 Å². The van der Waals surface area contributed by atoms with Crippen LogP contribution in [0.5, 0.6) is 0 Å². The van der Waals surface area contributed by atoms with Crippen molar-refractivity contribution >= 4 is 54.0 Å². The summed E-state index contributed by atoms with van der Waals surface area (Å²) < 4.78 is 5.48. The summed E-state index contributed by atoms with van der Waals surface area (Å²) in [5, 5.41) is 0. The fourth-order valence-corrected chi connectivity index (χ4v) is 47.0. The van der Waals surface area contributed by atoms with Crippen LogP contribution in [0.1, 0.15) is 0 Å². The second-order valence-electron chi connectivity index (χ2n) is 6.48. The molecule has 0 radical (unpaired) electrons. The summed E-state index contributed by atoms with van der Waals surface area (Å²) in [6.07, 6.45) is 0. The molecule has 1 aliphatic heterocycles. The van der Waals surface area contributed by atoms with E-state index in [-0.39, 0.29) is 0 Å². The van der Waals surface area contributed by atoms with Crippen LogP contribution in [0.3, 0.4) is 0 Å². The van der Waals surface area contributed by atoms with Gasteiger partial charge in [0, 0.05) is 0 Å². The van der Waals surface area contributed by atoms with E-state index < -0.39 is 31.9 Å². The highest BCUT2D eigenvalue weighted by Crippen LogP contribution is 2.47. The third-order valence-electron chi connectivity index (χ3n) is 3.25. The van der Waals surface area contributed by atoms with Gasteiger partial charge in [-0.25, -0.2) is 0 Å². The smallest absolute Gasteiger partial charge is 0.212 e. The Hall–Kier alpha value is 1.37. The highest BCUT2D eigenvalue weighted by atomic mass is 35.6. The molecule has 16 heavy (non-hydrogen) atoms. The second kappa shape index (κ2) is 3.93. The predicted octanol–water partition coefficient (Wildman–Crippen LogP) is 3.89. The van der Waals surface area contributed by atoms with Gasteiger partial charge in [0.2, 0.25) is 15.1 Å². The van der Waals surface area contributed by atoms with E-state index in [0.717, 1.165) is 0 Å². The Labute approximate surface area is 114 Å². The third-order valence-corrected chi connectivity index (χ3v) is 32.3. The molecule has 0 N–H and O–H groups in total. The zero-order valence-corrected chi connectivity index (χ0v) is 17.2. The Kier molecular flexibility index (Phi) is 3.79. The number of hydrogen-bond donors (Lipinski definition) is 0. The first-order valence-electron chi connectivity index (χ1n) is 5.72. The maximum atomic E-state index is 6.70. The molecule has 1 aliphatic rings. The maximum Gasteiger partial charge on any atom is 0.212 e. The molecular weight excluding hydrogens is 307 g/mol. The molecule has 1 saturated heterocycles. The van der Waals surface area contributed by atoms with Crippen LogP contribution in [0.4, 0.5) is 0 Å². The van der Waals surface area contributed by atoms with Crippen LogP contribution < -0.4 is 0 Å². The summed E-state index contributed by atoms with van der Waals surface area (Å²) in [4.78, 5) is 0. The van der Waals surface area contributed by atoms with Gasteiger partial charge in [-0.3, -0.25) is 0 Å². The van der Waals surface area contributed by atoms with E-state index in [4.69, 9.17) is 22.2 Å². The predicted molar refractivity (Wildman–Crippen MR) is 85.3 cm³/mol. The largest absolute Gasteiger partial charge is 0.333 e. The summed E-state index contributed by atoms with van der Waals surface area (Å²) in [5.74, 6) is 0. The van der Waals surface area contributed by atoms with E-state index >= 15 is 0 Å². The van der Waals surface area contributed by atoms with Gasteiger partial charge in [0.05, 0.1) is 0 Å². The average molecular weight is 332 g/mol. The molecule has 0 aromatic heterocycles. The van der Waals surface area contributed by atoms with E-state index in [1.165, 1.54) is 0 Å². The molecule has 0 saturated carbocycles. The van der Waals surface area contributed by atoms with E-state index in [2.05, 4.69) is 60.2 Å². The van der Waals surface area contributed by atoms with Crippen molar-refractivity contribution in [2.45, 2.75) is 52.4 Å². The summed E-state index contributed by atoms with van der Waals surface area (Å²) in [7, 11) is -6.48. The van der Waals surface area contributed by atoms with Crippen LogP contribution in [0.25, 0.3) is 0 Å². The first-order valence-corrected chi connectivity index (χ1v) is 19.4. The number of hydrogen-bond acceptors (Lipinski definition) is 2. The van der Waals surface area contributed by atoms with Gasteiger partial charge in [-0.05, 0) is 52.4 Å². The minimum atomic E-state index is -1.71. The van der Waals surface area contributed by atoms with Crippen LogP contribution in [0.15, 0.2) is 0 Å². The molecule has 0 bridgehead atoms. The van der Waals surface area contributed by atoms with Crippen molar-refractivity contribution in [3.8, 4) is 0 Å². The molecule has 1 rings (SSSR count). The molecule has 1 heterocycles. The number of rotatable bonds is 2. The van der Waals surface area contributed by atoms with Crippen LogP contribution in [-0.4, -0.2) is 39.7 Å². The number of nitrogens with zero attached hydrogens (tertiary/aromatic N) is 2. The van der Waals surface area contributed by atoms with Crippen LogP contribution >= 0.6 is 22.2 Å². The molecule has 0 spiro atoms. The molecule has 0 aromatic carbocycles. The zero-order valence-electron chi connectivity index (χ0n) is 11.7. The maximum absolute atomic E-state index is 6.70. The van der Waals surface area contributed by atoms with Gasteiger partial charge < -0.3 is 7.79 Å². The first-order chi connectivity index (χ1) is 6.73. The van der Waals surface area contributed by atoms with Crippen molar-refractivity contribution in [2.24, 2.45) is 0 Å². The monoisotopic (exact) mass is 330 g/mol. The van der Waals surface area contributed by atoms with Crippen molar-refractivity contribution in [3.05, 3.63) is 0 Å². The highest BCUT2D eigenvalue weighted by Gasteiger charge is 2.68. The van der Waals surface area contributed by atoms with Crippen molar-refractivity contribution in [3.63, 3.8) is 0 Å². The summed E-state index contributed by atoms with van der Waals surface area (Å²) >= 11 is 13.4. The second-order valence-corrected chi connectivity index (χ2v) is 29.0. The van der Waals surface area contributed by atoms with Crippen LogP contribution in [0, 0.1) is 0 Å².